The van der Waals surface area contributed by atoms with E-state index in [1.165, 1.54) is 0 Å². The number of hydrogen-bond donors (Lipinski definition) is 1. The van der Waals surface area contributed by atoms with Gasteiger partial charge in [0.2, 0.25) is 0 Å². The topological polar surface area (TPSA) is 37.3 Å². The molecule has 0 spiro atoms. The lowest BCUT2D eigenvalue weighted by Crippen LogP contribution is -2.21. The molecule has 1 unspecified atom stereocenters. The highest BCUT2D eigenvalue weighted by atomic mass is 16.4. The van der Waals surface area contributed by atoms with Crippen LogP contribution in [0, 0.1) is 11.3 Å². The quantitative estimate of drug-likeness (QED) is 0.623. The summed E-state index contributed by atoms with van der Waals surface area (Å²) < 4.78 is 0. The smallest absolute Gasteiger partial charge is 0.310 e. The van der Waals surface area contributed by atoms with Crippen molar-refractivity contribution in [3.8, 4) is 0 Å². The van der Waals surface area contributed by atoms with E-state index < -0.39 is 11.9 Å². The molecule has 64 valence electrons. The van der Waals surface area contributed by atoms with Gasteiger partial charge >= 0.3 is 5.97 Å². The Labute approximate surface area is 67.9 Å². The highest BCUT2D eigenvalue weighted by molar-refractivity contribution is 5.73. The number of rotatable bonds is 2. The van der Waals surface area contributed by atoms with Crippen LogP contribution in [0.15, 0.2) is 12.2 Å². The van der Waals surface area contributed by atoms with Crippen molar-refractivity contribution < 1.29 is 9.90 Å². The molecule has 0 saturated heterocycles. The molecular formula is C9H16O2. The molecule has 0 aromatic heterocycles. The van der Waals surface area contributed by atoms with Gasteiger partial charge in [0.1, 0.15) is 0 Å². The molecule has 0 saturated carbocycles. The Morgan fingerprint density at radius 1 is 1.45 bits per heavy atom. The van der Waals surface area contributed by atoms with Crippen LogP contribution in [0.2, 0.25) is 0 Å². The normalized spacial score (nSPS) is 14.2. The van der Waals surface area contributed by atoms with Crippen molar-refractivity contribution in [2.75, 3.05) is 0 Å². The lowest BCUT2D eigenvalue weighted by atomic mass is 9.80. The van der Waals surface area contributed by atoms with E-state index in [-0.39, 0.29) is 5.41 Å². The first-order valence-corrected chi connectivity index (χ1v) is 3.69. The highest BCUT2D eigenvalue weighted by Gasteiger charge is 2.24. The summed E-state index contributed by atoms with van der Waals surface area (Å²) in [5.41, 5.74) is 0.655. The molecule has 0 bridgehead atoms. The Hall–Kier alpha value is -0.790. The maximum Gasteiger partial charge on any atom is 0.310 e. The molecule has 0 aliphatic rings. The van der Waals surface area contributed by atoms with Gasteiger partial charge in [-0.1, -0.05) is 32.9 Å². The standard InChI is InChI=1S/C9H16O2/c1-6(8(10)11)7(2)9(3,4)5/h6H,2H2,1,3-5H3,(H,10,11). The fourth-order valence-corrected chi connectivity index (χ4v) is 0.799. The molecule has 11 heavy (non-hydrogen) atoms. The van der Waals surface area contributed by atoms with Crippen molar-refractivity contribution in [1.82, 2.24) is 0 Å². The van der Waals surface area contributed by atoms with Crippen LogP contribution in [0.4, 0.5) is 0 Å². The second-order valence-electron chi connectivity index (χ2n) is 3.84. The molecule has 1 N–H and O–H groups in total. The molecule has 0 aliphatic heterocycles. The van der Waals surface area contributed by atoms with E-state index in [4.69, 9.17) is 5.11 Å². The summed E-state index contributed by atoms with van der Waals surface area (Å²) in [4.78, 5) is 10.5. The Morgan fingerprint density at radius 2 is 1.82 bits per heavy atom. The SMILES string of the molecule is C=C(C(C)C(=O)O)C(C)(C)C. The van der Waals surface area contributed by atoms with Gasteiger partial charge in [-0.15, -0.1) is 0 Å². The minimum absolute atomic E-state index is 0.113. The van der Waals surface area contributed by atoms with Gasteiger partial charge in [-0.25, -0.2) is 0 Å². The maximum atomic E-state index is 10.5. The highest BCUT2D eigenvalue weighted by Crippen LogP contribution is 2.29. The molecule has 2 nitrogen and oxygen atoms in total. The van der Waals surface area contributed by atoms with Crippen molar-refractivity contribution in [3.05, 3.63) is 12.2 Å². The molecule has 0 rings (SSSR count). The molecule has 0 fully saturated rings. The van der Waals surface area contributed by atoms with E-state index in [9.17, 15) is 4.79 Å². The van der Waals surface area contributed by atoms with Crippen molar-refractivity contribution >= 4 is 5.97 Å². The van der Waals surface area contributed by atoms with Crippen LogP contribution in [0.3, 0.4) is 0 Å². The molecule has 0 aromatic carbocycles. The van der Waals surface area contributed by atoms with E-state index in [0.29, 0.717) is 0 Å². The average molecular weight is 156 g/mol. The van der Waals surface area contributed by atoms with Crippen molar-refractivity contribution in [2.45, 2.75) is 27.7 Å². The molecule has 0 amide bonds. The minimum atomic E-state index is -0.801. The third-order valence-electron chi connectivity index (χ3n) is 1.86. The van der Waals surface area contributed by atoms with Crippen LogP contribution in [-0.2, 0) is 4.79 Å². The first-order chi connectivity index (χ1) is 4.76. The number of carboxylic acids is 1. The molecular weight excluding hydrogens is 140 g/mol. The predicted octanol–water partition coefficient (Wildman–Crippen LogP) is 2.31. The van der Waals surface area contributed by atoms with Gasteiger partial charge in [0.05, 0.1) is 5.92 Å². The fraction of sp³-hybridized carbons (Fsp3) is 0.667. The van der Waals surface area contributed by atoms with Gasteiger partial charge in [0.25, 0.3) is 0 Å². The van der Waals surface area contributed by atoms with Gasteiger partial charge in [-0.05, 0) is 12.3 Å². The van der Waals surface area contributed by atoms with Crippen LogP contribution in [-0.4, -0.2) is 11.1 Å². The first-order valence-electron chi connectivity index (χ1n) is 3.69. The summed E-state index contributed by atoms with van der Waals surface area (Å²) in [5.74, 6) is -1.25. The Kier molecular flexibility index (Phi) is 2.85. The van der Waals surface area contributed by atoms with E-state index in [0.717, 1.165) is 5.57 Å². The maximum absolute atomic E-state index is 10.5. The van der Waals surface area contributed by atoms with E-state index in [1.807, 2.05) is 20.8 Å². The van der Waals surface area contributed by atoms with Crippen LogP contribution >= 0.6 is 0 Å². The third-order valence-corrected chi connectivity index (χ3v) is 1.86. The third kappa shape index (κ3) is 2.74. The van der Waals surface area contributed by atoms with Gasteiger partial charge < -0.3 is 5.11 Å². The Morgan fingerprint density at radius 3 is 1.91 bits per heavy atom. The molecule has 0 radical (unpaired) electrons. The Bertz CT molecular complexity index is 174. The fourth-order valence-electron chi connectivity index (χ4n) is 0.799. The lowest BCUT2D eigenvalue weighted by Gasteiger charge is -2.24. The second kappa shape index (κ2) is 3.07. The van der Waals surface area contributed by atoms with Gasteiger partial charge in [0.15, 0.2) is 0 Å². The summed E-state index contributed by atoms with van der Waals surface area (Å²) in [6.45, 7) is 11.3. The van der Waals surface area contributed by atoms with Crippen molar-refractivity contribution in [3.63, 3.8) is 0 Å². The Balaban J connectivity index is 4.39. The zero-order valence-corrected chi connectivity index (χ0v) is 7.64. The minimum Gasteiger partial charge on any atom is -0.481 e. The monoisotopic (exact) mass is 156 g/mol. The molecule has 1 atom stereocenters. The number of carbonyl (C=O) groups is 1. The molecule has 0 aliphatic carbocycles. The molecule has 0 aromatic rings. The number of hydrogen-bond acceptors (Lipinski definition) is 1. The summed E-state index contributed by atoms with van der Waals surface area (Å²) in [6, 6.07) is 0. The van der Waals surface area contributed by atoms with Crippen molar-refractivity contribution in [2.24, 2.45) is 11.3 Å². The molecule has 2 heteroatoms. The summed E-state index contributed by atoms with van der Waals surface area (Å²) in [7, 11) is 0. The van der Waals surface area contributed by atoms with E-state index >= 15 is 0 Å². The first kappa shape index (κ1) is 10.2. The van der Waals surface area contributed by atoms with E-state index in [1.54, 1.807) is 6.92 Å². The molecule has 0 heterocycles. The number of aliphatic carboxylic acids is 1. The van der Waals surface area contributed by atoms with Crippen LogP contribution in [0.1, 0.15) is 27.7 Å². The average Bonchev–Trinajstić information content (AvgIpc) is 1.82. The zero-order chi connectivity index (χ0) is 9.23. The van der Waals surface area contributed by atoms with Gasteiger partial charge in [-0.3, -0.25) is 4.79 Å². The van der Waals surface area contributed by atoms with Gasteiger partial charge in [0, 0.05) is 0 Å². The van der Waals surface area contributed by atoms with Crippen LogP contribution < -0.4 is 0 Å². The number of carboxylic acid groups (broad SMARTS) is 1. The summed E-state index contributed by atoms with van der Waals surface area (Å²) in [5, 5.41) is 8.65. The second-order valence-corrected chi connectivity index (χ2v) is 3.84. The van der Waals surface area contributed by atoms with Crippen molar-refractivity contribution in [1.29, 1.82) is 0 Å². The summed E-state index contributed by atoms with van der Waals surface area (Å²) >= 11 is 0. The summed E-state index contributed by atoms with van der Waals surface area (Å²) in [6.07, 6.45) is 0. The largest absolute Gasteiger partial charge is 0.481 e. The van der Waals surface area contributed by atoms with E-state index in [2.05, 4.69) is 6.58 Å². The lowest BCUT2D eigenvalue weighted by molar-refractivity contribution is -0.140. The zero-order valence-electron chi connectivity index (χ0n) is 7.64. The van der Waals surface area contributed by atoms with Crippen LogP contribution in [0.25, 0.3) is 0 Å². The predicted molar refractivity (Wildman–Crippen MR) is 45.4 cm³/mol. The van der Waals surface area contributed by atoms with Gasteiger partial charge in [-0.2, -0.15) is 0 Å². The van der Waals surface area contributed by atoms with Crippen LogP contribution in [0.5, 0.6) is 0 Å².